The molecule has 1 fully saturated rings. The molecule has 0 radical (unpaired) electrons. The molecular weight excluding hydrogens is 354 g/mol. The Morgan fingerprint density at radius 1 is 1.04 bits per heavy atom. The van der Waals surface area contributed by atoms with Gasteiger partial charge >= 0.3 is 0 Å². The Kier molecular flexibility index (Phi) is 4.32. The van der Waals surface area contributed by atoms with Crippen molar-refractivity contribution in [2.24, 2.45) is 0 Å². The third-order valence-electron chi connectivity index (χ3n) is 5.39. The Labute approximate surface area is 162 Å². The average molecular weight is 375 g/mol. The number of ether oxygens (including phenoxy) is 1. The van der Waals surface area contributed by atoms with E-state index in [0.29, 0.717) is 23.7 Å². The van der Waals surface area contributed by atoms with Crippen molar-refractivity contribution in [1.82, 2.24) is 29.5 Å². The predicted molar refractivity (Wildman–Crippen MR) is 106 cm³/mol. The third-order valence-corrected chi connectivity index (χ3v) is 5.39. The number of hydrogen-bond donors (Lipinski definition) is 1. The largest absolute Gasteiger partial charge is 0.381 e. The van der Waals surface area contributed by atoms with Crippen molar-refractivity contribution in [3.63, 3.8) is 0 Å². The Hall–Kier alpha value is -3.13. The minimum Gasteiger partial charge on any atom is -0.381 e. The molecule has 5 rings (SSSR count). The molecule has 0 amide bonds. The zero-order valence-corrected chi connectivity index (χ0v) is 15.6. The van der Waals surface area contributed by atoms with Crippen molar-refractivity contribution in [3.05, 3.63) is 43.1 Å². The van der Waals surface area contributed by atoms with Gasteiger partial charge in [-0.05, 0) is 37.8 Å². The van der Waals surface area contributed by atoms with Gasteiger partial charge in [-0.1, -0.05) is 0 Å². The lowest BCUT2D eigenvalue weighted by Crippen LogP contribution is -2.30. The second-order valence-electron chi connectivity index (χ2n) is 7.12. The lowest BCUT2D eigenvalue weighted by molar-refractivity contribution is 0.0681. The average Bonchev–Trinajstić information content (AvgIpc) is 3.17. The van der Waals surface area contributed by atoms with Crippen LogP contribution in [0.3, 0.4) is 0 Å². The van der Waals surface area contributed by atoms with Crippen molar-refractivity contribution in [1.29, 1.82) is 0 Å². The van der Waals surface area contributed by atoms with Gasteiger partial charge in [0.2, 0.25) is 5.95 Å². The van der Waals surface area contributed by atoms with Gasteiger partial charge in [-0.2, -0.15) is 0 Å². The molecular formula is C20H21N7O. The molecule has 0 atom stereocenters. The van der Waals surface area contributed by atoms with Gasteiger partial charge in [-0.15, -0.1) is 5.10 Å². The molecule has 142 valence electrons. The first-order chi connectivity index (χ1) is 13.8. The molecule has 0 spiro atoms. The van der Waals surface area contributed by atoms with Crippen LogP contribution in [0.15, 0.2) is 43.1 Å². The highest BCUT2D eigenvalue weighted by molar-refractivity contribution is 5.84. The summed E-state index contributed by atoms with van der Waals surface area (Å²) in [4.78, 5) is 17.5. The first-order valence-corrected chi connectivity index (χ1v) is 9.51. The van der Waals surface area contributed by atoms with E-state index in [9.17, 15) is 0 Å². The monoisotopic (exact) mass is 375 g/mol. The van der Waals surface area contributed by atoms with Crippen molar-refractivity contribution in [3.8, 4) is 11.1 Å². The van der Waals surface area contributed by atoms with Gasteiger partial charge in [0.1, 0.15) is 5.52 Å². The number of nitrogens with one attached hydrogen (secondary N) is 1. The van der Waals surface area contributed by atoms with Crippen molar-refractivity contribution in [2.45, 2.75) is 37.8 Å². The summed E-state index contributed by atoms with van der Waals surface area (Å²) in [7, 11) is 1.79. The van der Waals surface area contributed by atoms with E-state index >= 15 is 0 Å². The SMILES string of the molecule is COC1CCC(Nc2ncc3c(-c4cnc5nccnc5c4)ccn3n2)CC1. The first kappa shape index (κ1) is 17.0. The maximum atomic E-state index is 5.44. The molecule has 1 aliphatic rings. The van der Waals surface area contributed by atoms with Crippen LogP contribution in [0, 0.1) is 0 Å². The Morgan fingerprint density at radius 3 is 2.75 bits per heavy atom. The summed E-state index contributed by atoms with van der Waals surface area (Å²) in [6.07, 6.45) is 13.6. The lowest BCUT2D eigenvalue weighted by atomic mass is 9.93. The highest BCUT2D eigenvalue weighted by Crippen LogP contribution is 2.27. The van der Waals surface area contributed by atoms with Gasteiger partial charge in [0.25, 0.3) is 0 Å². The Bertz CT molecular complexity index is 1120. The number of aromatic nitrogens is 6. The molecule has 0 aliphatic heterocycles. The van der Waals surface area contributed by atoms with Gasteiger partial charge in [0.05, 0.1) is 17.8 Å². The summed E-state index contributed by atoms with van der Waals surface area (Å²) in [5.74, 6) is 0.651. The fourth-order valence-corrected chi connectivity index (χ4v) is 3.84. The van der Waals surface area contributed by atoms with E-state index in [1.165, 1.54) is 0 Å². The fourth-order valence-electron chi connectivity index (χ4n) is 3.84. The summed E-state index contributed by atoms with van der Waals surface area (Å²) >= 11 is 0. The van der Waals surface area contributed by atoms with Crippen LogP contribution in [-0.2, 0) is 4.74 Å². The number of pyridine rings is 1. The van der Waals surface area contributed by atoms with Gasteiger partial charge in [0.15, 0.2) is 5.65 Å². The standard InChI is InChI=1S/C20H21N7O/c1-28-15-4-2-14(3-5-15)25-20-24-12-18-16(6-9-27(18)26-20)13-10-17-19(23-11-13)22-8-7-21-17/h6-12,14-15H,2-5H2,1H3,(H,25,26). The maximum Gasteiger partial charge on any atom is 0.241 e. The zero-order chi connectivity index (χ0) is 18.9. The fraction of sp³-hybridized carbons (Fsp3) is 0.350. The number of anilines is 1. The summed E-state index contributed by atoms with van der Waals surface area (Å²) in [6, 6.07) is 4.41. The molecule has 1 saturated carbocycles. The minimum atomic E-state index is 0.383. The van der Waals surface area contributed by atoms with Crippen LogP contribution >= 0.6 is 0 Å². The van der Waals surface area contributed by atoms with E-state index in [2.05, 4.69) is 30.4 Å². The van der Waals surface area contributed by atoms with E-state index in [1.807, 2.05) is 35.2 Å². The van der Waals surface area contributed by atoms with Crippen LogP contribution in [0.25, 0.3) is 27.8 Å². The Balaban J connectivity index is 1.40. The molecule has 0 saturated heterocycles. The van der Waals surface area contributed by atoms with Crippen LogP contribution in [0.1, 0.15) is 25.7 Å². The quantitative estimate of drug-likeness (QED) is 0.586. The summed E-state index contributed by atoms with van der Waals surface area (Å²) < 4.78 is 7.30. The molecule has 1 aliphatic carbocycles. The molecule has 0 unspecified atom stereocenters. The van der Waals surface area contributed by atoms with E-state index in [4.69, 9.17) is 4.74 Å². The molecule has 28 heavy (non-hydrogen) atoms. The number of methoxy groups -OCH3 is 1. The molecule has 8 nitrogen and oxygen atoms in total. The second-order valence-corrected chi connectivity index (χ2v) is 7.12. The number of hydrogen-bond acceptors (Lipinski definition) is 7. The highest BCUT2D eigenvalue weighted by atomic mass is 16.5. The number of fused-ring (bicyclic) bond motifs is 2. The lowest BCUT2D eigenvalue weighted by Gasteiger charge is -2.28. The normalized spacial score (nSPS) is 19.9. The predicted octanol–water partition coefficient (Wildman–Crippen LogP) is 3.10. The van der Waals surface area contributed by atoms with Crippen LogP contribution in [0.5, 0.6) is 0 Å². The second kappa shape index (κ2) is 7.12. The molecule has 0 bridgehead atoms. The van der Waals surface area contributed by atoms with Crippen LogP contribution < -0.4 is 5.32 Å². The van der Waals surface area contributed by atoms with Crippen molar-refractivity contribution in [2.75, 3.05) is 12.4 Å². The number of rotatable bonds is 4. The van der Waals surface area contributed by atoms with Crippen LogP contribution in [0.2, 0.25) is 0 Å². The van der Waals surface area contributed by atoms with Crippen molar-refractivity contribution >= 4 is 22.6 Å². The molecule has 4 aromatic heterocycles. The zero-order valence-electron chi connectivity index (χ0n) is 15.6. The van der Waals surface area contributed by atoms with E-state index in [-0.39, 0.29) is 0 Å². The number of nitrogens with zero attached hydrogens (tertiary/aromatic N) is 6. The van der Waals surface area contributed by atoms with E-state index < -0.39 is 0 Å². The minimum absolute atomic E-state index is 0.383. The summed E-state index contributed by atoms with van der Waals surface area (Å²) in [5.41, 5.74) is 4.33. The smallest absolute Gasteiger partial charge is 0.241 e. The van der Waals surface area contributed by atoms with Gasteiger partial charge in [-0.3, -0.25) is 4.98 Å². The van der Waals surface area contributed by atoms with E-state index in [1.54, 1.807) is 19.5 Å². The molecule has 0 aromatic carbocycles. The summed E-state index contributed by atoms with van der Waals surface area (Å²) in [5, 5.41) is 8.09. The van der Waals surface area contributed by atoms with Gasteiger partial charge in [0, 0.05) is 49.1 Å². The molecule has 8 heteroatoms. The molecule has 4 aromatic rings. The van der Waals surface area contributed by atoms with Crippen molar-refractivity contribution < 1.29 is 4.74 Å². The Morgan fingerprint density at radius 2 is 1.89 bits per heavy atom. The van der Waals surface area contributed by atoms with Gasteiger partial charge < -0.3 is 10.1 Å². The molecule has 4 heterocycles. The topological polar surface area (TPSA) is 90.1 Å². The molecule has 1 N–H and O–H groups in total. The third kappa shape index (κ3) is 3.16. The highest BCUT2D eigenvalue weighted by Gasteiger charge is 2.21. The summed E-state index contributed by atoms with van der Waals surface area (Å²) in [6.45, 7) is 0. The van der Waals surface area contributed by atoms with Crippen LogP contribution in [0.4, 0.5) is 5.95 Å². The maximum absolute atomic E-state index is 5.44. The van der Waals surface area contributed by atoms with Crippen LogP contribution in [-0.4, -0.2) is 48.8 Å². The first-order valence-electron chi connectivity index (χ1n) is 9.51. The van der Waals surface area contributed by atoms with Gasteiger partial charge in [-0.25, -0.2) is 19.5 Å². The van der Waals surface area contributed by atoms with E-state index in [0.717, 1.165) is 47.8 Å².